The van der Waals surface area contributed by atoms with Gasteiger partial charge in [-0.05, 0) is 12.0 Å². The summed E-state index contributed by atoms with van der Waals surface area (Å²) in [6.07, 6.45) is 0. The maximum Gasteiger partial charge on any atom is 0.322 e. The van der Waals surface area contributed by atoms with Gasteiger partial charge in [-0.3, -0.25) is 14.9 Å². The first-order chi connectivity index (χ1) is 10.1. The summed E-state index contributed by atoms with van der Waals surface area (Å²) in [6.45, 7) is 3.11. The molecule has 2 N–H and O–H groups in total. The zero-order chi connectivity index (χ0) is 17.1. The highest BCUT2D eigenvalue weighted by atomic mass is 32.2. The average molecular weight is 332 g/mol. The monoisotopic (exact) mass is 332 g/mol. The van der Waals surface area contributed by atoms with Crippen LogP contribution < -0.4 is 9.46 Å². The number of nitro benzene ring substituents is 1. The van der Waals surface area contributed by atoms with E-state index in [0.717, 1.165) is 18.2 Å². The van der Waals surface area contributed by atoms with Gasteiger partial charge in [-0.15, -0.1) is 0 Å². The van der Waals surface area contributed by atoms with E-state index in [2.05, 4.69) is 4.72 Å². The van der Waals surface area contributed by atoms with Gasteiger partial charge >= 0.3 is 11.7 Å². The molecule has 0 spiro atoms. The number of aliphatic carboxylic acids is 1. The Balaban J connectivity index is 3.23. The lowest BCUT2D eigenvalue weighted by atomic mass is 10.1. The summed E-state index contributed by atoms with van der Waals surface area (Å²) < 4.78 is 31.2. The fourth-order valence-electron chi connectivity index (χ4n) is 1.68. The highest BCUT2D eigenvalue weighted by Gasteiger charge is 2.29. The van der Waals surface area contributed by atoms with E-state index in [9.17, 15) is 23.3 Å². The maximum absolute atomic E-state index is 12.2. The number of sulfonamides is 1. The van der Waals surface area contributed by atoms with Crippen LogP contribution in [0.5, 0.6) is 5.75 Å². The molecule has 0 aliphatic heterocycles. The molecule has 0 aromatic heterocycles. The number of carboxylic acid groups (broad SMARTS) is 1. The van der Waals surface area contributed by atoms with Crippen LogP contribution in [0.25, 0.3) is 0 Å². The molecule has 0 unspecified atom stereocenters. The van der Waals surface area contributed by atoms with E-state index in [-0.39, 0.29) is 16.3 Å². The fourth-order valence-corrected chi connectivity index (χ4v) is 3.04. The molecule has 0 saturated heterocycles. The third-order valence-electron chi connectivity index (χ3n) is 2.87. The molecule has 0 bridgehead atoms. The minimum Gasteiger partial charge on any atom is -0.490 e. The second kappa shape index (κ2) is 6.71. The largest absolute Gasteiger partial charge is 0.490 e. The van der Waals surface area contributed by atoms with E-state index >= 15 is 0 Å². The van der Waals surface area contributed by atoms with Crippen molar-refractivity contribution in [1.82, 2.24) is 4.72 Å². The van der Waals surface area contributed by atoms with E-state index in [4.69, 9.17) is 9.84 Å². The van der Waals surface area contributed by atoms with Crippen molar-refractivity contribution in [2.45, 2.75) is 24.8 Å². The molecule has 1 atom stereocenters. The Morgan fingerprint density at radius 1 is 1.41 bits per heavy atom. The molecular formula is C12H16N2O7S. The molecule has 0 fully saturated rings. The third kappa shape index (κ3) is 3.92. The lowest BCUT2D eigenvalue weighted by Crippen LogP contribution is -2.44. The second-order valence-electron chi connectivity index (χ2n) is 4.77. The van der Waals surface area contributed by atoms with Gasteiger partial charge in [0.05, 0.1) is 16.9 Å². The number of benzene rings is 1. The molecule has 0 radical (unpaired) electrons. The zero-order valence-electron chi connectivity index (χ0n) is 12.1. The molecule has 1 aromatic carbocycles. The van der Waals surface area contributed by atoms with Crippen molar-refractivity contribution in [3.63, 3.8) is 0 Å². The van der Waals surface area contributed by atoms with Gasteiger partial charge in [0.2, 0.25) is 10.0 Å². The standard InChI is InChI=1S/C12H16N2O7S/c1-7(2)11(12(15)16)13-22(19,20)8-4-5-9(14(17)18)10(6-8)21-3/h4-7,11,13H,1-3H3,(H,15,16)/t11-/m1/s1. The van der Waals surface area contributed by atoms with Crippen LogP contribution in [0.15, 0.2) is 23.1 Å². The van der Waals surface area contributed by atoms with Crippen molar-refractivity contribution in [2.75, 3.05) is 7.11 Å². The Morgan fingerprint density at radius 3 is 2.41 bits per heavy atom. The number of nitrogens with zero attached hydrogens (tertiary/aromatic N) is 1. The number of nitrogens with one attached hydrogen (secondary N) is 1. The van der Waals surface area contributed by atoms with Crippen LogP contribution in [0.2, 0.25) is 0 Å². The molecular weight excluding hydrogens is 316 g/mol. The Labute approximate surface area is 127 Å². The Kier molecular flexibility index (Phi) is 5.44. The number of rotatable bonds is 7. The summed E-state index contributed by atoms with van der Waals surface area (Å²) in [5, 5.41) is 19.8. The Bertz CT molecular complexity index is 685. The Morgan fingerprint density at radius 2 is 2.00 bits per heavy atom. The molecule has 22 heavy (non-hydrogen) atoms. The molecule has 0 aliphatic carbocycles. The number of nitro groups is 1. The molecule has 10 heteroatoms. The van der Waals surface area contributed by atoms with Gasteiger partial charge in [0.25, 0.3) is 0 Å². The number of ether oxygens (including phenoxy) is 1. The molecule has 122 valence electrons. The molecule has 0 amide bonds. The normalized spacial score (nSPS) is 12.9. The van der Waals surface area contributed by atoms with Crippen molar-refractivity contribution in [2.24, 2.45) is 5.92 Å². The molecule has 1 rings (SSSR count). The van der Waals surface area contributed by atoms with Gasteiger partial charge in [-0.2, -0.15) is 4.72 Å². The first kappa shape index (κ1) is 17.9. The van der Waals surface area contributed by atoms with E-state index < -0.39 is 32.9 Å². The van der Waals surface area contributed by atoms with Crippen LogP contribution in [0.4, 0.5) is 5.69 Å². The van der Waals surface area contributed by atoms with Crippen molar-refractivity contribution in [1.29, 1.82) is 0 Å². The summed E-state index contributed by atoms with van der Waals surface area (Å²) >= 11 is 0. The third-order valence-corrected chi connectivity index (χ3v) is 4.31. The molecule has 0 saturated carbocycles. The first-order valence-electron chi connectivity index (χ1n) is 6.17. The van der Waals surface area contributed by atoms with E-state index in [1.807, 2.05) is 0 Å². The number of carbonyl (C=O) groups is 1. The van der Waals surface area contributed by atoms with Gasteiger partial charge in [-0.1, -0.05) is 13.8 Å². The summed E-state index contributed by atoms with van der Waals surface area (Å²) in [5.74, 6) is -2.02. The van der Waals surface area contributed by atoms with Crippen molar-refractivity contribution in [3.8, 4) is 5.75 Å². The van der Waals surface area contributed by atoms with Crippen LogP contribution in [-0.4, -0.2) is 37.6 Å². The van der Waals surface area contributed by atoms with Crippen LogP contribution >= 0.6 is 0 Å². The SMILES string of the molecule is COc1cc(S(=O)(=O)N[C@@H](C(=O)O)C(C)C)ccc1[N+](=O)[O-]. The highest BCUT2D eigenvalue weighted by Crippen LogP contribution is 2.29. The summed E-state index contributed by atoms with van der Waals surface area (Å²) in [7, 11) is -2.99. The van der Waals surface area contributed by atoms with E-state index in [1.165, 1.54) is 7.11 Å². The number of carboxylic acids is 1. The minimum atomic E-state index is -4.16. The number of hydrogen-bond acceptors (Lipinski definition) is 6. The Hall–Kier alpha value is -2.20. The van der Waals surface area contributed by atoms with Crippen molar-refractivity contribution in [3.05, 3.63) is 28.3 Å². The lowest BCUT2D eigenvalue weighted by molar-refractivity contribution is -0.385. The average Bonchev–Trinajstić information content (AvgIpc) is 2.43. The van der Waals surface area contributed by atoms with Gasteiger partial charge in [0, 0.05) is 12.1 Å². The van der Waals surface area contributed by atoms with E-state index in [0.29, 0.717) is 0 Å². The van der Waals surface area contributed by atoms with E-state index in [1.54, 1.807) is 13.8 Å². The summed E-state index contributed by atoms with van der Waals surface area (Å²) in [4.78, 5) is 20.8. The smallest absolute Gasteiger partial charge is 0.322 e. The molecule has 0 heterocycles. The topological polar surface area (TPSA) is 136 Å². The molecule has 9 nitrogen and oxygen atoms in total. The molecule has 1 aromatic rings. The van der Waals surface area contributed by atoms with Gasteiger partial charge in [-0.25, -0.2) is 8.42 Å². The van der Waals surface area contributed by atoms with Crippen LogP contribution in [0.3, 0.4) is 0 Å². The quantitative estimate of drug-likeness (QED) is 0.561. The second-order valence-corrected chi connectivity index (χ2v) is 6.49. The van der Waals surface area contributed by atoms with Crippen molar-refractivity contribution < 1.29 is 28.0 Å². The van der Waals surface area contributed by atoms with Gasteiger partial charge < -0.3 is 9.84 Å². The summed E-state index contributed by atoms with van der Waals surface area (Å²) in [6, 6.07) is 1.66. The van der Waals surface area contributed by atoms with Crippen LogP contribution in [-0.2, 0) is 14.8 Å². The number of hydrogen-bond donors (Lipinski definition) is 2. The van der Waals surface area contributed by atoms with Gasteiger partial charge in [0.15, 0.2) is 5.75 Å². The predicted octanol–water partition coefficient (Wildman–Crippen LogP) is 0.991. The molecule has 0 aliphatic rings. The number of methoxy groups -OCH3 is 1. The van der Waals surface area contributed by atoms with Gasteiger partial charge in [0.1, 0.15) is 6.04 Å². The van der Waals surface area contributed by atoms with Crippen molar-refractivity contribution >= 4 is 21.7 Å². The predicted molar refractivity (Wildman–Crippen MR) is 76.2 cm³/mol. The summed E-state index contributed by atoms with van der Waals surface area (Å²) in [5.41, 5.74) is -0.389. The zero-order valence-corrected chi connectivity index (χ0v) is 13.0. The van der Waals surface area contributed by atoms with Crippen LogP contribution in [0, 0.1) is 16.0 Å². The fraction of sp³-hybridized carbons (Fsp3) is 0.417. The minimum absolute atomic E-state index is 0.232. The van der Waals surface area contributed by atoms with Crippen LogP contribution in [0.1, 0.15) is 13.8 Å². The first-order valence-corrected chi connectivity index (χ1v) is 7.66. The maximum atomic E-state index is 12.2. The highest BCUT2D eigenvalue weighted by molar-refractivity contribution is 7.89. The lowest BCUT2D eigenvalue weighted by Gasteiger charge is -2.18.